The summed E-state index contributed by atoms with van der Waals surface area (Å²) in [6.45, 7) is -0.721. The van der Waals surface area contributed by atoms with Gasteiger partial charge in [-0.05, 0) is 0 Å². The van der Waals surface area contributed by atoms with E-state index in [9.17, 15) is 9.18 Å². The van der Waals surface area contributed by atoms with E-state index in [1.54, 1.807) is 0 Å². The van der Waals surface area contributed by atoms with Crippen LogP contribution in [0.1, 0.15) is 16.4 Å². The summed E-state index contributed by atoms with van der Waals surface area (Å²) in [4.78, 5) is 13.3. The molecule has 1 aromatic rings. The average Bonchev–Trinajstić information content (AvgIpc) is 2.34. The molecule has 0 radical (unpaired) electrons. The van der Waals surface area contributed by atoms with E-state index in [-0.39, 0.29) is 11.7 Å². The third-order valence-electron chi connectivity index (χ3n) is 0.804. The molecular formula is C5H4FNO2. The van der Waals surface area contributed by atoms with Crippen LogP contribution in [-0.2, 0) is 6.67 Å². The highest BCUT2D eigenvalue weighted by molar-refractivity contribution is 5.67. The molecular weight excluding hydrogens is 125 g/mol. The molecule has 0 aliphatic rings. The molecule has 0 aliphatic heterocycles. The lowest BCUT2D eigenvalue weighted by Gasteiger charge is -1.77. The molecule has 0 fully saturated rings. The number of aldehydes is 1. The molecule has 1 rings (SSSR count). The molecule has 0 unspecified atom stereocenters. The largest absolute Gasteiger partial charge is 0.436 e. The molecule has 0 saturated carbocycles. The lowest BCUT2D eigenvalue weighted by molar-refractivity contribution is 0.109. The summed E-state index contributed by atoms with van der Waals surface area (Å²) < 4.78 is 16.2. The minimum absolute atomic E-state index is 0.0806. The zero-order chi connectivity index (χ0) is 6.69. The van der Waals surface area contributed by atoms with Crippen molar-refractivity contribution in [3.63, 3.8) is 0 Å². The van der Waals surface area contributed by atoms with Gasteiger partial charge < -0.3 is 4.42 Å². The maximum atomic E-state index is 11.6. The Balaban J connectivity index is 2.86. The van der Waals surface area contributed by atoms with Crippen LogP contribution >= 0.6 is 0 Å². The summed E-state index contributed by atoms with van der Waals surface area (Å²) in [7, 11) is 0. The molecule has 0 bridgehead atoms. The van der Waals surface area contributed by atoms with Gasteiger partial charge in [-0.1, -0.05) is 0 Å². The van der Waals surface area contributed by atoms with Gasteiger partial charge in [0.05, 0.1) is 6.20 Å². The van der Waals surface area contributed by atoms with Crippen molar-refractivity contribution in [3.8, 4) is 0 Å². The first-order valence-corrected chi connectivity index (χ1v) is 2.32. The first-order valence-electron chi connectivity index (χ1n) is 2.32. The number of hydrogen-bond donors (Lipinski definition) is 0. The van der Waals surface area contributed by atoms with Gasteiger partial charge in [0, 0.05) is 0 Å². The number of rotatable bonds is 2. The van der Waals surface area contributed by atoms with Gasteiger partial charge in [-0.15, -0.1) is 0 Å². The predicted octanol–water partition coefficient (Wildman–Crippen LogP) is 0.957. The molecule has 48 valence electrons. The van der Waals surface area contributed by atoms with Gasteiger partial charge in [-0.3, -0.25) is 4.79 Å². The third kappa shape index (κ3) is 1.13. The fourth-order valence-electron chi connectivity index (χ4n) is 0.439. The normalized spacial score (nSPS) is 9.44. The molecule has 3 nitrogen and oxygen atoms in total. The molecule has 0 N–H and O–H groups in total. The quantitative estimate of drug-likeness (QED) is 0.558. The van der Waals surface area contributed by atoms with E-state index in [0.29, 0.717) is 6.29 Å². The SMILES string of the molecule is O=Cc1ncc(CF)o1. The van der Waals surface area contributed by atoms with Crippen LogP contribution in [0.5, 0.6) is 0 Å². The van der Waals surface area contributed by atoms with Crippen molar-refractivity contribution in [2.24, 2.45) is 0 Å². The summed E-state index contributed by atoms with van der Waals surface area (Å²) in [6, 6.07) is 0. The number of hydrogen-bond acceptors (Lipinski definition) is 3. The molecule has 0 aromatic carbocycles. The summed E-state index contributed by atoms with van der Waals surface area (Å²) in [5.74, 6) is -0.000231. The maximum absolute atomic E-state index is 11.6. The van der Waals surface area contributed by atoms with Gasteiger partial charge in [-0.25, -0.2) is 9.37 Å². The zero-order valence-electron chi connectivity index (χ0n) is 4.50. The Labute approximate surface area is 50.5 Å². The van der Waals surface area contributed by atoms with Crippen LogP contribution in [0.25, 0.3) is 0 Å². The molecule has 0 atom stereocenters. The molecule has 0 saturated heterocycles. The summed E-state index contributed by atoms with van der Waals surface area (Å²) in [5.41, 5.74) is 0. The Morgan fingerprint density at radius 2 is 2.67 bits per heavy atom. The number of oxazole rings is 1. The fraction of sp³-hybridized carbons (Fsp3) is 0.200. The standard InChI is InChI=1S/C5H4FNO2/c6-1-4-2-7-5(3-8)9-4/h2-3H,1H2. The van der Waals surface area contributed by atoms with Crippen LogP contribution in [-0.4, -0.2) is 11.3 Å². The van der Waals surface area contributed by atoms with E-state index in [2.05, 4.69) is 9.40 Å². The van der Waals surface area contributed by atoms with Crippen molar-refractivity contribution in [1.29, 1.82) is 0 Å². The van der Waals surface area contributed by atoms with E-state index >= 15 is 0 Å². The number of alkyl halides is 1. The number of halogens is 1. The monoisotopic (exact) mass is 129 g/mol. The molecule has 0 aliphatic carbocycles. The summed E-state index contributed by atoms with van der Waals surface area (Å²) in [5, 5.41) is 0. The molecule has 1 aromatic heterocycles. The summed E-state index contributed by atoms with van der Waals surface area (Å²) >= 11 is 0. The molecule has 0 amide bonds. The highest BCUT2D eigenvalue weighted by Crippen LogP contribution is 2.01. The van der Waals surface area contributed by atoms with Crippen LogP contribution in [0.15, 0.2) is 10.6 Å². The first-order chi connectivity index (χ1) is 4.36. The lowest BCUT2D eigenvalue weighted by atomic mass is 10.6. The Kier molecular flexibility index (Phi) is 1.58. The fourth-order valence-corrected chi connectivity index (χ4v) is 0.439. The Hall–Kier alpha value is -1.19. The lowest BCUT2D eigenvalue weighted by Crippen LogP contribution is -1.73. The smallest absolute Gasteiger partial charge is 0.260 e. The molecule has 0 spiro atoms. The topological polar surface area (TPSA) is 43.1 Å². The van der Waals surface area contributed by atoms with E-state index in [1.807, 2.05) is 0 Å². The van der Waals surface area contributed by atoms with Gasteiger partial charge in [0.1, 0.15) is 6.67 Å². The highest BCUT2D eigenvalue weighted by atomic mass is 19.1. The number of carbonyl (C=O) groups excluding carboxylic acids is 1. The molecule has 9 heavy (non-hydrogen) atoms. The van der Waals surface area contributed by atoms with Gasteiger partial charge in [0.2, 0.25) is 6.29 Å². The Morgan fingerprint density at radius 1 is 1.89 bits per heavy atom. The van der Waals surface area contributed by atoms with Crippen LogP contribution in [0, 0.1) is 0 Å². The minimum atomic E-state index is -0.721. The zero-order valence-corrected chi connectivity index (χ0v) is 4.50. The van der Waals surface area contributed by atoms with Crippen LogP contribution in [0.4, 0.5) is 4.39 Å². The second kappa shape index (κ2) is 2.39. The van der Waals surface area contributed by atoms with Crippen LogP contribution in [0.3, 0.4) is 0 Å². The van der Waals surface area contributed by atoms with E-state index in [1.165, 1.54) is 6.20 Å². The molecule has 1 heterocycles. The average molecular weight is 129 g/mol. The van der Waals surface area contributed by atoms with Gasteiger partial charge in [0.15, 0.2) is 5.76 Å². The van der Waals surface area contributed by atoms with Gasteiger partial charge >= 0.3 is 0 Å². The minimum Gasteiger partial charge on any atom is -0.436 e. The van der Waals surface area contributed by atoms with Crippen molar-refractivity contribution in [2.45, 2.75) is 6.67 Å². The third-order valence-corrected chi connectivity index (χ3v) is 0.804. The van der Waals surface area contributed by atoms with Crippen molar-refractivity contribution >= 4 is 6.29 Å². The van der Waals surface area contributed by atoms with Crippen LogP contribution in [0.2, 0.25) is 0 Å². The van der Waals surface area contributed by atoms with E-state index < -0.39 is 6.67 Å². The molecule has 4 heteroatoms. The summed E-state index contributed by atoms with van der Waals surface area (Å²) in [6.07, 6.45) is 1.61. The first kappa shape index (κ1) is 5.94. The highest BCUT2D eigenvalue weighted by Gasteiger charge is 1.99. The van der Waals surface area contributed by atoms with Gasteiger partial charge in [0.25, 0.3) is 5.89 Å². The number of nitrogens with zero attached hydrogens (tertiary/aromatic N) is 1. The second-order valence-corrected chi connectivity index (χ2v) is 1.42. The number of carbonyl (C=O) groups is 1. The maximum Gasteiger partial charge on any atom is 0.260 e. The second-order valence-electron chi connectivity index (χ2n) is 1.42. The Bertz CT molecular complexity index is 208. The van der Waals surface area contributed by atoms with Gasteiger partial charge in [-0.2, -0.15) is 0 Å². The number of aromatic nitrogens is 1. The van der Waals surface area contributed by atoms with E-state index in [4.69, 9.17) is 0 Å². The van der Waals surface area contributed by atoms with E-state index in [0.717, 1.165) is 0 Å². The Morgan fingerprint density at radius 3 is 3.00 bits per heavy atom. The van der Waals surface area contributed by atoms with Crippen molar-refractivity contribution in [3.05, 3.63) is 17.8 Å². The van der Waals surface area contributed by atoms with Crippen molar-refractivity contribution < 1.29 is 13.6 Å². The van der Waals surface area contributed by atoms with Crippen LogP contribution < -0.4 is 0 Å². The van der Waals surface area contributed by atoms with Crippen molar-refractivity contribution in [2.75, 3.05) is 0 Å². The predicted molar refractivity (Wildman–Crippen MR) is 26.7 cm³/mol. The van der Waals surface area contributed by atoms with Crippen molar-refractivity contribution in [1.82, 2.24) is 4.98 Å².